The zero-order chi connectivity index (χ0) is 96.2. The molecule has 0 unspecified atom stereocenters. The van der Waals surface area contributed by atoms with Crippen LogP contribution in [0.2, 0.25) is 0 Å². The molecule has 0 aromatic heterocycles. The minimum absolute atomic E-state index is 0. The maximum atomic E-state index is 12.7. The fraction of sp³-hybridized carbons (Fsp3) is 0.955. The topological polar surface area (TPSA) is 298 Å². The van der Waals surface area contributed by atoms with Gasteiger partial charge < -0.3 is 105 Å². The summed E-state index contributed by atoms with van der Waals surface area (Å²) in [7, 11) is 2.01. The Morgan fingerprint density at radius 2 is 0.756 bits per heavy atom. The molecular formula is C110H178BN5NaO18. The molecule has 21 rings (SSSR count). The van der Waals surface area contributed by atoms with Crippen LogP contribution < -0.4 is 34.9 Å². The summed E-state index contributed by atoms with van der Waals surface area (Å²) in [5.41, 5.74) is 0.147. The van der Waals surface area contributed by atoms with Crippen LogP contribution in [0.5, 0.6) is 0 Å². The molecule has 135 heavy (non-hydrogen) atoms. The van der Waals surface area contributed by atoms with Crippen molar-refractivity contribution in [3.63, 3.8) is 0 Å². The quantitative estimate of drug-likeness (QED) is 0.0535. The van der Waals surface area contributed by atoms with Crippen LogP contribution in [0, 0.1) is 182 Å². The molecule has 0 aromatic carbocycles. The fourth-order valence-electron chi connectivity index (χ4n) is 40.2. The van der Waals surface area contributed by atoms with Gasteiger partial charge in [-0.2, -0.15) is 0 Å². The summed E-state index contributed by atoms with van der Waals surface area (Å²) >= 11 is 0. The van der Waals surface area contributed by atoms with E-state index in [-0.39, 0.29) is 212 Å². The molecular weight excluding hydrogens is 1710 g/mol. The first-order valence-corrected chi connectivity index (χ1v) is 53.8. The van der Waals surface area contributed by atoms with Gasteiger partial charge in [-0.25, -0.2) is 0 Å². The molecule has 15 aliphatic carbocycles. The number of aliphatic hydroxyl groups excluding tert-OH is 4. The second kappa shape index (κ2) is 36.3. The first-order valence-electron chi connectivity index (χ1n) is 53.8. The van der Waals surface area contributed by atoms with Gasteiger partial charge in [0.2, 0.25) is 17.7 Å². The van der Waals surface area contributed by atoms with E-state index in [1.807, 2.05) is 63.3 Å². The van der Waals surface area contributed by atoms with Crippen molar-refractivity contribution in [2.24, 2.45) is 170 Å². The van der Waals surface area contributed by atoms with Crippen molar-refractivity contribution in [1.29, 1.82) is 5.26 Å². The Kier molecular flexibility index (Phi) is 28.4. The van der Waals surface area contributed by atoms with Gasteiger partial charge in [-0.15, -0.1) is 0 Å². The minimum atomic E-state index is -1.26. The van der Waals surface area contributed by atoms with Crippen LogP contribution >= 0.6 is 0 Å². The first kappa shape index (κ1) is 106. The number of fused-ring (bicyclic) bond motifs is 12. The largest absolute Gasteiger partial charge is 1.00 e. The Balaban J connectivity index is 0.000000145. The Hall–Kier alpha value is -1.97. The number of hydrogen-bond acceptors (Lipinski definition) is 20. The van der Waals surface area contributed by atoms with Gasteiger partial charge in [0.15, 0.2) is 18.9 Å². The van der Waals surface area contributed by atoms with E-state index in [9.17, 15) is 44.7 Å². The molecule has 6 aliphatic heterocycles. The molecule has 6 saturated heterocycles. The zero-order valence-electron chi connectivity index (χ0n) is 87.9. The van der Waals surface area contributed by atoms with Crippen LogP contribution in [-0.4, -0.2) is 249 Å². The Morgan fingerprint density at radius 1 is 0.459 bits per heavy atom. The van der Waals surface area contributed by atoms with E-state index >= 15 is 0 Å². The summed E-state index contributed by atoms with van der Waals surface area (Å²) < 4.78 is 58.4. The van der Waals surface area contributed by atoms with Gasteiger partial charge in [0.25, 0.3) is 0 Å². The van der Waals surface area contributed by atoms with Gasteiger partial charge in [0.1, 0.15) is 18.5 Å². The molecule has 21 fully saturated rings. The van der Waals surface area contributed by atoms with E-state index in [4.69, 9.17) is 54.5 Å². The Morgan fingerprint density at radius 3 is 1.07 bits per heavy atom. The molecule has 15 saturated carbocycles. The van der Waals surface area contributed by atoms with Gasteiger partial charge in [0, 0.05) is 68.6 Å². The average Bonchev–Trinajstić information content (AvgIpc) is 1.46. The number of aldehydes is 1. The number of nitrogens with one attached hydrogen (secondary N) is 1. The van der Waals surface area contributed by atoms with Crippen LogP contribution in [0.3, 0.4) is 0 Å². The van der Waals surface area contributed by atoms with Crippen LogP contribution in [0.15, 0.2) is 0 Å². The van der Waals surface area contributed by atoms with Crippen LogP contribution in [0.1, 0.15) is 313 Å². The van der Waals surface area contributed by atoms with Crippen LogP contribution in [0.25, 0.3) is 0 Å². The van der Waals surface area contributed by atoms with E-state index in [2.05, 4.69) is 109 Å². The molecule has 6 spiro atoms. The number of amides is 3. The summed E-state index contributed by atoms with van der Waals surface area (Å²) in [5.74, 6) is 5.95. The summed E-state index contributed by atoms with van der Waals surface area (Å²) in [4.78, 5) is 55.7. The predicted octanol–water partition coefficient (Wildman–Crippen LogP) is 12.3. The molecule has 6 N–H and O–H groups in total. The SMILES string of the molecule is CC(C)C(=O)N1CCO[C@@H](O[C@H]2CC[C@]34C[C@]35CC[C@]3(C)[C@@H]6[C@H](O[C@@H](C=O)C[C@H]6C)[C@H](O)[C@@]3(C)[C@@H]5CC[C@H]4C2(C)C)C1.CC(C)C(=O)N1CCO[C@@H](O[C@H]2CC[C@]34C[C@]35CC[C@]3(C)[C@@H]6[C@H](O[C@@H]([C@H](O)C(C)(C)O)C[C@H]6C)[C@H](O)[C@@]3(C)[C@@H]5CC[C@H]4C2(C)C)C1.CNC[C@H]1C[C@@H](C)[C@H]2[C@H](O1)[C@H](O)[C@@]1(C)[C@@H]3CC[C@H]4C(C)(C)[C@@H](O[C@H]5CN(C(=O)C(C)C)CCO5)CC[C@@]45C[C@@]35CC[C@]21C.[B].[C-]#N.[Na+]. The van der Waals surface area contributed by atoms with Crippen LogP contribution in [0.4, 0.5) is 0 Å². The second-order valence-corrected chi connectivity index (χ2v) is 53.6. The van der Waals surface area contributed by atoms with Crippen molar-refractivity contribution in [3.05, 3.63) is 6.57 Å². The van der Waals surface area contributed by atoms with Crippen molar-refractivity contribution in [3.8, 4) is 0 Å². The summed E-state index contributed by atoms with van der Waals surface area (Å²) in [5, 5.41) is 68.1. The van der Waals surface area contributed by atoms with E-state index in [1.54, 1.807) is 13.8 Å². The van der Waals surface area contributed by atoms with Crippen molar-refractivity contribution in [2.75, 3.05) is 72.7 Å². The summed E-state index contributed by atoms with van der Waals surface area (Å²) in [6.07, 6.45) is 23.8. The molecule has 3 radical (unpaired) electrons. The minimum Gasteiger partial charge on any atom is -0.512 e. The van der Waals surface area contributed by atoms with E-state index in [1.165, 1.54) is 77.0 Å². The third-order valence-electron chi connectivity index (χ3n) is 46.5. The van der Waals surface area contributed by atoms with Gasteiger partial charge in [-0.1, -0.05) is 145 Å². The average molecular weight is 1890 g/mol. The monoisotopic (exact) mass is 1890 g/mol. The number of likely N-dealkylation sites (N-methyl/N-ethyl adjacent to an activating group) is 1. The smallest absolute Gasteiger partial charge is 0.512 e. The molecule has 3 amide bonds. The summed E-state index contributed by atoms with van der Waals surface area (Å²) in [6.45, 7) is 62.2. The van der Waals surface area contributed by atoms with Crippen molar-refractivity contribution < 1.29 is 117 Å². The Labute approximate surface area is 835 Å². The Bertz CT molecular complexity index is 4360. The molecule has 0 aromatic rings. The van der Waals surface area contributed by atoms with E-state index in [0.717, 1.165) is 83.5 Å². The third kappa shape index (κ3) is 15.1. The summed E-state index contributed by atoms with van der Waals surface area (Å²) in [6, 6.07) is 0. The van der Waals surface area contributed by atoms with Gasteiger partial charge in [0.05, 0.1) is 112 Å². The van der Waals surface area contributed by atoms with Gasteiger partial charge in [-0.05, 0) is 311 Å². The normalized spacial score (nSPS) is 51.5. The number of ether oxygens (including phenoxy) is 9. The van der Waals surface area contributed by atoms with Gasteiger partial charge >= 0.3 is 29.6 Å². The number of morpholine rings is 3. The standard InChI is InChI=1S/C38H63NO7.C36H60N2O5.C35H55NO6.CN.B.Na/c1-21(2)32(42)39-16-17-44-27(19-39)46-26-12-13-37-20-38(37)15-14-35(8)28-22(3)18-23(30(40)34(6,7)43)45-29(28)31(41)36(35,9)25(38)11-10-24(37)33(26,4)5;1-21(2)31(40)38-15-16-41-27(19-38)43-26-11-12-35-20-36(35)14-13-33(6)28-22(3)17-23(18-37-8)42-29(28)30(39)34(33,7)25(36)10-9-24(35)32(26,4)5;1-20(2)30(39)36-14-15-40-26(17-36)42-25-10-11-34-19-35(34)13-12-32(6)27-21(3)16-22(18-37)41-28(27)29(38)33(32,7)24(35)9-8-23(34)31(25,4)5;1-2;;/h21-31,40-41,43H,10-20H2,1-9H3;21-30,37,39H,9-20H2,1-8H3;18,20-29,38H,8-17,19H2,1-7H3;;;/q;;;-1;;+1/t22-,23-,24+,25+,26+,27+,28+,29+,30+,31+,35-,36-,37-,38+;22-,23-,24+,25+,26+,27+,28+,29+,30+,33-,34-,35-,36+;21-,22-,23+,24+,25+,26+,27+,28+,29+,32-,33-,34-,35+;;;/m111.../s1. The van der Waals surface area contributed by atoms with Gasteiger partial charge in [-0.3, -0.25) is 14.4 Å². The number of aliphatic hydroxyl groups is 5. The van der Waals surface area contributed by atoms with Crippen molar-refractivity contribution >= 4 is 32.4 Å². The molecule has 40 atom stereocenters. The molecule has 0 bridgehead atoms. The second-order valence-electron chi connectivity index (χ2n) is 53.6. The molecule has 25 heteroatoms. The fourth-order valence-corrected chi connectivity index (χ4v) is 40.2. The molecule has 6 heterocycles. The molecule has 21 aliphatic rings. The number of rotatable bonds is 14. The molecule has 755 valence electrons. The zero-order valence-corrected chi connectivity index (χ0v) is 89.9. The van der Waals surface area contributed by atoms with Crippen LogP contribution in [-0.2, 0) is 61.8 Å². The number of hydrogen-bond donors (Lipinski definition) is 6. The number of carbonyl (C=O) groups is 4. The predicted molar refractivity (Wildman–Crippen MR) is 509 cm³/mol. The first-order chi connectivity index (χ1) is 62.4. The van der Waals surface area contributed by atoms with Crippen molar-refractivity contribution in [1.82, 2.24) is 20.0 Å². The van der Waals surface area contributed by atoms with E-state index < -0.39 is 36.1 Å². The molecule has 23 nitrogen and oxygen atoms in total. The maximum Gasteiger partial charge on any atom is 1.00 e. The number of nitrogens with zero attached hydrogens (tertiary/aromatic N) is 4. The maximum absolute atomic E-state index is 12.7. The number of carbonyl (C=O) groups excluding carboxylic acids is 4. The third-order valence-corrected chi connectivity index (χ3v) is 46.5. The van der Waals surface area contributed by atoms with Crippen molar-refractivity contribution in [2.45, 2.75) is 417 Å². The van der Waals surface area contributed by atoms with E-state index in [0.29, 0.717) is 147 Å².